The van der Waals surface area contributed by atoms with Gasteiger partial charge in [0.15, 0.2) is 0 Å². The Hall–Kier alpha value is -1.52. The van der Waals surface area contributed by atoms with Gasteiger partial charge in [0.2, 0.25) is 0 Å². The van der Waals surface area contributed by atoms with Gasteiger partial charge in [-0.05, 0) is 47.0 Å². The number of hydrogen-bond acceptors (Lipinski definition) is 3. The number of nitrogens with zero attached hydrogens (tertiary/aromatic N) is 2. The summed E-state index contributed by atoms with van der Waals surface area (Å²) in [4.78, 5) is 0. The third-order valence-corrected chi connectivity index (χ3v) is 2.79. The van der Waals surface area contributed by atoms with Gasteiger partial charge < -0.3 is 5.32 Å². The molecule has 1 aromatic rings. The van der Waals surface area contributed by atoms with Gasteiger partial charge in [-0.1, -0.05) is 0 Å². The summed E-state index contributed by atoms with van der Waals surface area (Å²) in [5.41, 5.74) is 1.62. The molecule has 16 heavy (non-hydrogen) atoms. The van der Waals surface area contributed by atoms with Gasteiger partial charge in [0.25, 0.3) is 0 Å². The van der Waals surface area contributed by atoms with Crippen LogP contribution in [0.15, 0.2) is 22.7 Å². The van der Waals surface area contributed by atoms with E-state index in [0.717, 1.165) is 29.5 Å². The monoisotopic (exact) mass is 277 g/mol. The van der Waals surface area contributed by atoms with E-state index in [4.69, 9.17) is 10.5 Å². The van der Waals surface area contributed by atoms with Gasteiger partial charge in [-0.3, -0.25) is 0 Å². The summed E-state index contributed by atoms with van der Waals surface area (Å²) >= 11 is 3.40. The molecule has 1 rings (SSSR count). The van der Waals surface area contributed by atoms with Crippen molar-refractivity contribution in [2.24, 2.45) is 0 Å². The Morgan fingerprint density at radius 3 is 2.69 bits per heavy atom. The van der Waals surface area contributed by atoms with E-state index in [0.29, 0.717) is 12.0 Å². The maximum atomic E-state index is 8.70. The number of benzene rings is 1. The fourth-order valence-electron chi connectivity index (χ4n) is 1.28. The summed E-state index contributed by atoms with van der Waals surface area (Å²) in [5, 5.41) is 20.3. The van der Waals surface area contributed by atoms with E-state index < -0.39 is 0 Å². The molecule has 0 aliphatic rings. The van der Waals surface area contributed by atoms with Crippen LogP contribution in [-0.4, -0.2) is 6.54 Å². The predicted molar refractivity (Wildman–Crippen MR) is 66.8 cm³/mol. The van der Waals surface area contributed by atoms with Crippen LogP contribution in [0.5, 0.6) is 0 Å². The molecule has 1 aromatic carbocycles. The molecule has 0 bridgehead atoms. The second-order valence-electron chi connectivity index (χ2n) is 3.35. The first-order valence-electron chi connectivity index (χ1n) is 5.08. The zero-order valence-electron chi connectivity index (χ0n) is 8.83. The normalized spacial score (nSPS) is 9.19. The molecule has 0 radical (unpaired) electrons. The second-order valence-corrected chi connectivity index (χ2v) is 4.20. The van der Waals surface area contributed by atoms with E-state index in [9.17, 15) is 0 Å². The molecule has 0 unspecified atom stereocenters. The molecule has 0 heterocycles. The zero-order chi connectivity index (χ0) is 11.8. The molecule has 1 N–H and O–H groups in total. The maximum Gasteiger partial charge on any atom is 0.0992 e. The highest BCUT2D eigenvalue weighted by atomic mass is 79.9. The van der Waals surface area contributed by atoms with Crippen LogP contribution in [0, 0.1) is 22.7 Å². The molecule has 0 saturated heterocycles. The largest absolute Gasteiger partial charge is 0.384 e. The van der Waals surface area contributed by atoms with E-state index >= 15 is 0 Å². The van der Waals surface area contributed by atoms with Crippen molar-refractivity contribution in [1.29, 1.82) is 10.5 Å². The first-order chi connectivity index (χ1) is 7.77. The summed E-state index contributed by atoms with van der Waals surface area (Å²) in [6, 6.07) is 9.66. The Balaban J connectivity index is 2.43. The van der Waals surface area contributed by atoms with Crippen molar-refractivity contribution in [3.8, 4) is 12.1 Å². The van der Waals surface area contributed by atoms with E-state index in [1.54, 1.807) is 12.1 Å². The van der Waals surface area contributed by atoms with E-state index in [2.05, 4.69) is 33.4 Å². The molecule has 0 saturated carbocycles. The third kappa shape index (κ3) is 3.92. The number of hydrogen-bond donors (Lipinski definition) is 1. The Morgan fingerprint density at radius 2 is 2.06 bits per heavy atom. The summed E-state index contributed by atoms with van der Waals surface area (Å²) in [6.45, 7) is 0.839. The van der Waals surface area contributed by atoms with E-state index in [-0.39, 0.29) is 0 Å². The van der Waals surface area contributed by atoms with Crippen LogP contribution in [0.1, 0.15) is 24.8 Å². The maximum absolute atomic E-state index is 8.70. The van der Waals surface area contributed by atoms with Crippen LogP contribution in [0.25, 0.3) is 0 Å². The predicted octanol–water partition coefficient (Wildman–Crippen LogP) is 3.43. The van der Waals surface area contributed by atoms with Crippen molar-refractivity contribution in [2.45, 2.75) is 19.3 Å². The molecule has 3 nitrogen and oxygen atoms in total. The van der Waals surface area contributed by atoms with Gasteiger partial charge in [-0.25, -0.2) is 0 Å². The van der Waals surface area contributed by atoms with Crippen LogP contribution in [-0.2, 0) is 0 Å². The van der Waals surface area contributed by atoms with Crippen molar-refractivity contribution in [3.63, 3.8) is 0 Å². The van der Waals surface area contributed by atoms with Crippen molar-refractivity contribution in [1.82, 2.24) is 0 Å². The number of halogens is 1. The Morgan fingerprint density at radius 1 is 1.25 bits per heavy atom. The molecule has 82 valence electrons. The number of rotatable bonds is 5. The Labute approximate surface area is 104 Å². The topological polar surface area (TPSA) is 59.6 Å². The number of anilines is 1. The van der Waals surface area contributed by atoms with Crippen molar-refractivity contribution < 1.29 is 0 Å². The highest BCUT2D eigenvalue weighted by molar-refractivity contribution is 9.10. The first-order valence-corrected chi connectivity index (χ1v) is 5.87. The lowest BCUT2D eigenvalue weighted by Crippen LogP contribution is -2.01. The average Bonchev–Trinajstić information content (AvgIpc) is 2.30. The van der Waals surface area contributed by atoms with Crippen molar-refractivity contribution in [3.05, 3.63) is 28.2 Å². The summed E-state index contributed by atoms with van der Waals surface area (Å²) < 4.78 is 0.895. The molecule has 4 heteroatoms. The second kappa shape index (κ2) is 6.87. The van der Waals surface area contributed by atoms with Gasteiger partial charge in [-0.2, -0.15) is 10.5 Å². The van der Waals surface area contributed by atoms with Crippen LogP contribution in [0.2, 0.25) is 0 Å². The summed E-state index contributed by atoms with van der Waals surface area (Å²) in [5.74, 6) is 0. The Kier molecular flexibility index (Phi) is 5.39. The number of nitriles is 2. The molecular formula is C12H12BrN3. The fraction of sp³-hybridized carbons (Fsp3) is 0.333. The van der Waals surface area contributed by atoms with Crippen LogP contribution in [0.4, 0.5) is 5.69 Å². The van der Waals surface area contributed by atoms with Crippen LogP contribution in [0.3, 0.4) is 0 Å². The standard InChI is InChI=1S/C12H12BrN3/c13-11-8-10(9-15)4-5-12(11)16-7-3-1-2-6-14/h4-5,8,16H,1-3,7H2. The molecule has 0 aliphatic heterocycles. The summed E-state index contributed by atoms with van der Waals surface area (Å²) in [7, 11) is 0. The molecule has 0 fully saturated rings. The highest BCUT2D eigenvalue weighted by Crippen LogP contribution is 2.23. The third-order valence-electron chi connectivity index (χ3n) is 2.13. The minimum absolute atomic E-state index is 0.607. The number of unbranched alkanes of at least 4 members (excludes halogenated alkanes) is 2. The van der Waals surface area contributed by atoms with Gasteiger partial charge in [-0.15, -0.1) is 0 Å². The molecule has 0 atom stereocenters. The van der Waals surface area contributed by atoms with Gasteiger partial charge in [0.1, 0.15) is 0 Å². The molecular weight excluding hydrogens is 266 g/mol. The molecule has 0 spiro atoms. The molecule has 0 aliphatic carbocycles. The minimum atomic E-state index is 0.607. The highest BCUT2D eigenvalue weighted by Gasteiger charge is 2.00. The van der Waals surface area contributed by atoms with E-state index in [1.807, 2.05) is 6.07 Å². The smallest absolute Gasteiger partial charge is 0.0992 e. The summed E-state index contributed by atoms with van der Waals surface area (Å²) in [6.07, 6.45) is 2.49. The van der Waals surface area contributed by atoms with Crippen LogP contribution >= 0.6 is 15.9 Å². The Bertz CT molecular complexity index is 429. The van der Waals surface area contributed by atoms with Crippen molar-refractivity contribution >= 4 is 21.6 Å². The van der Waals surface area contributed by atoms with Crippen LogP contribution < -0.4 is 5.32 Å². The minimum Gasteiger partial charge on any atom is -0.384 e. The average molecular weight is 278 g/mol. The fourth-order valence-corrected chi connectivity index (χ4v) is 1.80. The SMILES string of the molecule is N#CCCCCNc1ccc(C#N)cc1Br. The lowest BCUT2D eigenvalue weighted by atomic mass is 10.2. The van der Waals surface area contributed by atoms with Gasteiger partial charge >= 0.3 is 0 Å². The van der Waals surface area contributed by atoms with Gasteiger partial charge in [0, 0.05) is 23.1 Å². The van der Waals surface area contributed by atoms with Gasteiger partial charge in [0.05, 0.1) is 17.7 Å². The lowest BCUT2D eigenvalue weighted by Gasteiger charge is -2.07. The zero-order valence-corrected chi connectivity index (χ0v) is 10.4. The number of nitrogens with one attached hydrogen (secondary N) is 1. The quantitative estimate of drug-likeness (QED) is 0.839. The first kappa shape index (κ1) is 12.5. The molecule has 0 amide bonds. The molecule has 0 aromatic heterocycles. The van der Waals surface area contributed by atoms with E-state index in [1.165, 1.54) is 0 Å². The lowest BCUT2D eigenvalue weighted by molar-refractivity contribution is 0.784. The van der Waals surface area contributed by atoms with Crippen molar-refractivity contribution in [2.75, 3.05) is 11.9 Å².